The summed E-state index contributed by atoms with van der Waals surface area (Å²) in [5.74, 6) is 1.36. The molecule has 152 valence electrons. The zero-order valence-electron chi connectivity index (χ0n) is 18.9. The maximum absolute atomic E-state index is 2.59. The summed E-state index contributed by atoms with van der Waals surface area (Å²) >= 11 is 0. The first-order valence-electron chi connectivity index (χ1n) is 11.8. The monoisotopic (exact) mass is 369 g/mol. The first kappa shape index (κ1) is 20.7. The average molecular weight is 370 g/mol. The van der Waals surface area contributed by atoms with Crippen LogP contribution in [0, 0.1) is 5.41 Å². The first-order chi connectivity index (χ1) is 12.8. The maximum atomic E-state index is 2.59. The number of hydrogen-bond acceptors (Lipinski definition) is 1. The third-order valence-electron chi connectivity index (χ3n) is 7.50. The van der Waals surface area contributed by atoms with E-state index in [1.165, 1.54) is 63.5 Å². The van der Waals surface area contributed by atoms with Crippen molar-refractivity contribution >= 4 is 5.69 Å². The predicted octanol–water partition coefficient (Wildman–Crippen LogP) is 8.04. The lowest BCUT2D eigenvalue weighted by atomic mass is 9.62. The van der Waals surface area contributed by atoms with E-state index >= 15 is 0 Å². The highest BCUT2D eigenvalue weighted by Gasteiger charge is 2.36. The zero-order valence-corrected chi connectivity index (χ0v) is 18.9. The van der Waals surface area contributed by atoms with Gasteiger partial charge in [0, 0.05) is 17.8 Å². The molecule has 1 aromatic carbocycles. The van der Waals surface area contributed by atoms with Crippen molar-refractivity contribution in [3.63, 3.8) is 0 Å². The molecule has 2 fully saturated rings. The third-order valence-corrected chi connectivity index (χ3v) is 7.50. The van der Waals surface area contributed by atoms with Crippen LogP contribution in [0.2, 0.25) is 0 Å². The van der Waals surface area contributed by atoms with Crippen molar-refractivity contribution in [2.75, 3.05) is 4.90 Å². The molecule has 0 heterocycles. The van der Waals surface area contributed by atoms with E-state index in [1.807, 2.05) is 0 Å². The fourth-order valence-electron chi connectivity index (χ4n) is 6.04. The molecule has 0 atom stereocenters. The lowest BCUT2D eigenvalue weighted by Gasteiger charge is -2.43. The van der Waals surface area contributed by atoms with Crippen molar-refractivity contribution in [3.05, 3.63) is 29.3 Å². The van der Waals surface area contributed by atoms with Gasteiger partial charge in [0.2, 0.25) is 0 Å². The summed E-state index contributed by atoms with van der Waals surface area (Å²) in [7, 11) is 0. The summed E-state index contributed by atoms with van der Waals surface area (Å²) in [6.07, 6.45) is 13.2. The average Bonchev–Trinajstić information content (AvgIpc) is 2.63. The molecule has 0 saturated heterocycles. The Morgan fingerprint density at radius 2 is 1.41 bits per heavy atom. The number of anilines is 1. The molecule has 0 amide bonds. The summed E-state index contributed by atoms with van der Waals surface area (Å²) in [6, 6.07) is 8.54. The third kappa shape index (κ3) is 4.54. The Kier molecular flexibility index (Phi) is 6.59. The van der Waals surface area contributed by atoms with Crippen LogP contribution >= 0.6 is 0 Å². The molecule has 1 heteroatoms. The molecule has 1 spiro atoms. The first-order valence-corrected chi connectivity index (χ1v) is 11.8. The minimum absolute atomic E-state index is 0.536. The van der Waals surface area contributed by atoms with Crippen molar-refractivity contribution in [1.82, 2.24) is 0 Å². The Morgan fingerprint density at radius 3 is 1.93 bits per heavy atom. The van der Waals surface area contributed by atoms with Gasteiger partial charge in [0.05, 0.1) is 0 Å². The van der Waals surface area contributed by atoms with Crippen LogP contribution in [0.3, 0.4) is 0 Å². The summed E-state index contributed by atoms with van der Waals surface area (Å²) < 4.78 is 0. The van der Waals surface area contributed by atoms with Crippen LogP contribution in [0.15, 0.2) is 18.2 Å². The molecule has 27 heavy (non-hydrogen) atoms. The Balaban J connectivity index is 1.80. The minimum Gasteiger partial charge on any atom is -0.366 e. The molecule has 0 bridgehead atoms. The van der Waals surface area contributed by atoms with Gasteiger partial charge in [-0.25, -0.2) is 0 Å². The van der Waals surface area contributed by atoms with Gasteiger partial charge in [-0.15, -0.1) is 0 Å². The molecule has 1 aromatic rings. The van der Waals surface area contributed by atoms with Crippen molar-refractivity contribution in [3.8, 4) is 0 Å². The second kappa shape index (κ2) is 8.58. The fourth-order valence-corrected chi connectivity index (χ4v) is 6.04. The molecule has 2 aliphatic rings. The van der Waals surface area contributed by atoms with Gasteiger partial charge < -0.3 is 4.90 Å². The lowest BCUT2D eigenvalue weighted by Crippen LogP contribution is -2.37. The fraction of sp³-hybridized carbons (Fsp3) is 0.769. The number of nitrogens with zero attached hydrogens (tertiary/aromatic N) is 1. The van der Waals surface area contributed by atoms with E-state index in [-0.39, 0.29) is 0 Å². The number of benzene rings is 1. The zero-order chi connectivity index (χ0) is 19.6. The van der Waals surface area contributed by atoms with Gasteiger partial charge in [-0.2, -0.15) is 0 Å². The Hall–Kier alpha value is -0.980. The smallest absolute Gasteiger partial charge is 0.0406 e. The molecule has 2 aliphatic carbocycles. The van der Waals surface area contributed by atoms with E-state index in [9.17, 15) is 0 Å². The molecule has 2 saturated carbocycles. The predicted molar refractivity (Wildman–Crippen MR) is 120 cm³/mol. The van der Waals surface area contributed by atoms with Crippen LogP contribution < -0.4 is 4.90 Å². The summed E-state index contributed by atoms with van der Waals surface area (Å²) in [5.41, 5.74) is 5.34. The van der Waals surface area contributed by atoms with E-state index in [2.05, 4.69) is 64.6 Å². The van der Waals surface area contributed by atoms with E-state index in [0.717, 1.165) is 11.3 Å². The normalized spacial score (nSPS) is 20.8. The quantitative estimate of drug-likeness (QED) is 0.507. The molecule has 0 radical (unpaired) electrons. The van der Waals surface area contributed by atoms with Crippen molar-refractivity contribution in [1.29, 1.82) is 0 Å². The highest BCUT2D eigenvalue weighted by molar-refractivity contribution is 5.58. The van der Waals surface area contributed by atoms with Crippen LogP contribution in [0.1, 0.15) is 122 Å². The van der Waals surface area contributed by atoms with Gasteiger partial charge in [-0.1, -0.05) is 45.2 Å². The van der Waals surface area contributed by atoms with E-state index in [1.54, 1.807) is 11.1 Å². The van der Waals surface area contributed by atoms with E-state index < -0.39 is 0 Å². The van der Waals surface area contributed by atoms with Gasteiger partial charge in [0.15, 0.2) is 0 Å². The second-order valence-electron chi connectivity index (χ2n) is 10.4. The topological polar surface area (TPSA) is 3.24 Å². The number of hydrogen-bond donors (Lipinski definition) is 0. The molecule has 0 aliphatic heterocycles. The molecular formula is C26H43N. The molecular weight excluding hydrogens is 326 g/mol. The van der Waals surface area contributed by atoms with Crippen molar-refractivity contribution in [2.24, 2.45) is 5.41 Å². The standard InChI is InChI=1S/C26H43N/c1-19(2)24-18-23(10-11-25(24)27(20(3)4)21(5)6)22-12-16-26(17-13-22)14-8-7-9-15-26/h10-11,18-22H,7-9,12-17H2,1-6H3. The molecule has 0 aromatic heterocycles. The van der Waals surface area contributed by atoms with Gasteiger partial charge in [-0.3, -0.25) is 0 Å². The molecule has 1 nitrogen and oxygen atoms in total. The van der Waals surface area contributed by atoms with E-state index in [4.69, 9.17) is 0 Å². The van der Waals surface area contributed by atoms with Gasteiger partial charge >= 0.3 is 0 Å². The van der Waals surface area contributed by atoms with Crippen LogP contribution in [0.5, 0.6) is 0 Å². The van der Waals surface area contributed by atoms with Gasteiger partial charge in [0.1, 0.15) is 0 Å². The Labute approximate surface area is 168 Å². The highest BCUT2D eigenvalue weighted by Crippen LogP contribution is 2.51. The van der Waals surface area contributed by atoms with Crippen LogP contribution in [-0.2, 0) is 0 Å². The molecule has 0 unspecified atom stereocenters. The summed E-state index contributed by atoms with van der Waals surface area (Å²) in [4.78, 5) is 2.59. The van der Waals surface area contributed by atoms with Crippen LogP contribution in [0.25, 0.3) is 0 Å². The van der Waals surface area contributed by atoms with E-state index in [0.29, 0.717) is 18.0 Å². The Morgan fingerprint density at radius 1 is 0.815 bits per heavy atom. The largest absolute Gasteiger partial charge is 0.366 e. The summed E-state index contributed by atoms with van der Waals surface area (Å²) in [5, 5.41) is 0. The van der Waals surface area contributed by atoms with Crippen LogP contribution in [0.4, 0.5) is 5.69 Å². The maximum Gasteiger partial charge on any atom is 0.0406 e. The second-order valence-corrected chi connectivity index (χ2v) is 10.4. The van der Waals surface area contributed by atoms with Crippen LogP contribution in [-0.4, -0.2) is 12.1 Å². The molecule has 0 N–H and O–H groups in total. The van der Waals surface area contributed by atoms with Gasteiger partial charge in [0.25, 0.3) is 0 Å². The highest BCUT2D eigenvalue weighted by atomic mass is 15.2. The lowest BCUT2D eigenvalue weighted by molar-refractivity contribution is 0.114. The number of rotatable bonds is 5. The molecule has 3 rings (SSSR count). The van der Waals surface area contributed by atoms with Crippen molar-refractivity contribution < 1.29 is 0 Å². The SMILES string of the molecule is CC(C)c1cc(C2CCC3(CCCCC3)CC2)ccc1N(C(C)C)C(C)C. The van der Waals surface area contributed by atoms with Gasteiger partial charge in [-0.05, 0) is 101 Å². The minimum atomic E-state index is 0.536. The van der Waals surface area contributed by atoms with Crippen molar-refractivity contribution in [2.45, 2.75) is 123 Å². The Bertz CT molecular complexity index is 589. The summed E-state index contributed by atoms with van der Waals surface area (Å²) in [6.45, 7) is 14.0.